The van der Waals surface area contributed by atoms with Gasteiger partial charge in [-0.05, 0) is 84.1 Å². The zero-order chi connectivity index (χ0) is 34.4. The monoisotopic (exact) mass is 668 g/mol. The van der Waals surface area contributed by atoms with E-state index in [2.05, 4.69) is 25.4 Å². The van der Waals surface area contributed by atoms with Gasteiger partial charge in [-0.25, -0.2) is 23.5 Å². The van der Waals surface area contributed by atoms with E-state index in [1.165, 1.54) is 12.4 Å². The number of alkyl carbamates (subject to hydrolysis) is 1. The van der Waals surface area contributed by atoms with Crippen LogP contribution in [0.4, 0.5) is 25.5 Å². The predicted molar refractivity (Wildman–Crippen MR) is 170 cm³/mol. The van der Waals surface area contributed by atoms with Gasteiger partial charge in [-0.3, -0.25) is 4.79 Å². The maximum Gasteiger partial charge on any atom is 0.407 e. The molecule has 258 valence electrons. The molecule has 48 heavy (non-hydrogen) atoms. The highest BCUT2D eigenvalue weighted by Gasteiger charge is 2.41. The predicted octanol–water partition coefficient (Wildman–Crippen LogP) is 4.14. The maximum absolute atomic E-state index is 14.9. The summed E-state index contributed by atoms with van der Waals surface area (Å²) in [4.78, 5) is 45.5. The number of carbonyl (C=O) groups excluding carboxylic acids is 2. The lowest BCUT2D eigenvalue weighted by Crippen LogP contribution is -2.48. The molecule has 2 unspecified atom stereocenters. The van der Waals surface area contributed by atoms with Crippen LogP contribution in [0.25, 0.3) is 0 Å². The highest BCUT2D eigenvalue weighted by molar-refractivity contribution is 5.94. The van der Waals surface area contributed by atoms with E-state index in [9.17, 15) is 23.5 Å². The second-order valence-corrected chi connectivity index (χ2v) is 14.3. The fourth-order valence-electron chi connectivity index (χ4n) is 6.34. The van der Waals surface area contributed by atoms with Gasteiger partial charge in [0.1, 0.15) is 22.8 Å². The van der Waals surface area contributed by atoms with Crippen molar-refractivity contribution < 1.29 is 32.7 Å². The molecule has 3 aliphatic rings. The molecular weight excluding hydrogens is 626 g/mol. The van der Waals surface area contributed by atoms with Crippen LogP contribution in [-0.4, -0.2) is 92.0 Å². The summed E-state index contributed by atoms with van der Waals surface area (Å²) in [6.45, 7) is 10.1. The molecule has 15 heteroatoms. The van der Waals surface area contributed by atoms with Gasteiger partial charge in [0, 0.05) is 56.6 Å². The Morgan fingerprint density at radius 3 is 2.27 bits per heavy atom. The van der Waals surface area contributed by atoms with Gasteiger partial charge in [-0.15, -0.1) is 0 Å². The lowest BCUT2D eigenvalue weighted by Gasteiger charge is -2.38. The number of halogens is 2. The normalized spacial score (nSPS) is 20.6. The van der Waals surface area contributed by atoms with Gasteiger partial charge >= 0.3 is 12.1 Å². The van der Waals surface area contributed by atoms with Crippen molar-refractivity contribution in [1.82, 2.24) is 30.3 Å². The molecule has 2 aliphatic heterocycles. The quantitative estimate of drug-likeness (QED) is 0.357. The number of amides is 2. The molecule has 0 spiro atoms. The molecule has 13 nitrogen and oxygen atoms in total. The van der Waals surface area contributed by atoms with Gasteiger partial charge in [0.2, 0.25) is 11.8 Å². The molecule has 2 N–H and O–H groups in total. The second kappa shape index (κ2) is 12.9. The topological polar surface area (TPSA) is 150 Å². The molecule has 4 heterocycles. The highest BCUT2D eigenvalue weighted by atomic mass is 19.1. The number of piperidine rings is 1. The minimum absolute atomic E-state index is 0.0118. The maximum atomic E-state index is 14.9. The number of rotatable bonds is 8. The standard InChI is InChI=1S/C33H42F2N8O5/c1-32(2,3)47-31(45)38-26-18-42(17-24(26)23-14-20(34)6-9-25(23)35)29-36-15-19(16-37-29)27(44)43(21-7-8-21)22-10-12-41(13-11-22)30-39-28(40-48-30)33(4,5)46/h6,9,14-16,21-22,24,26,46H,7-8,10-13,17-18H2,1-5H3,(H,38,45). The summed E-state index contributed by atoms with van der Waals surface area (Å²) in [5.74, 6) is -1.39. The van der Waals surface area contributed by atoms with Gasteiger partial charge in [0.25, 0.3) is 5.91 Å². The summed E-state index contributed by atoms with van der Waals surface area (Å²) >= 11 is 0. The molecule has 1 aliphatic carbocycles. The zero-order valence-corrected chi connectivity index (χ0v) is 27.8. The van der Waals surface area contributed by atoms with Crippen molar-refractivity contribution in [3.63, 3.8) is 0 Å². The second-order valence-electron chi connectivity index (χ2n) is 14.3. The number of nitrogens with one attached hydrogen (secondary N) is 1. The molecule has 1 saturated carbocycles. The lowest BCUT2D eigenvalue weighted by molar-refractivity contribution is 0.0503. The molecule has 1 aromatic carbocycles. The molecule has 3 aromatic rings. The molecule has 2 amide bonds. The Balaban J connectivity index is 1.14. The lowest BCUT2D eigenvalue weighted by atomic mass is 9.94. The first-order chi connectivity index (χ1) is 22.7. The fourth-order valence-corrected chi connectivity index (χ4v) is 6.34. The van der Waals surface area contributed by atoms with Crippen molar-refractivity contribution in [3.05, 3.63) is 59.2 Å². The number of benzene rings is 1. The fraction of sp³-hybridized carbons (Fsp3) is 0.576. The van der Waals surface area contributed by atoms with Crippen molar-refractivity contribution in [2.75, 3.05) is 36.0 Å². The largest absolute Gasteiger partial charge is 0.444 e. The first-order valence-corrected chi connectivity index (χ1v) is 16.3. The van der Waals surface area contributed by atoms with Crippen molar-refractivity contribution in [1.29, 1.82) is 0 Å². The summed E-state index contributed by atoms with van der Waals surface area (Å²) in [7, 11) is 0. The Labute approximate surface area is 277 Å². The third kappa shape index (κ3) is 7.50. The average Bonchev–Trinajstić information content (AvgIpc) is 3.55. The number of anilines is 2. The van der Waals surface area contributed by atoms with Gasteiger partial charge in [0.05, 0.1) is 11.6 Å². The molecule has 0 bridgehead atoms. The van der Waals surface area contributed by atoms with Crippen LogP contribution in [0.1, 0.15) is 88.0 Å². The van der Waals surface area contributed by atoms with Crippen LogP contribution in [0.3, 0.4) is 0 Å². The number of hydrogen-bond donors (Lipinski definition) is 2. The Kier molecular flexibility index (Phi) is 9.00. The molecular formula is C33H42F2N8O5. The van der Waals surface area contributed by atoms with E-state index in [1.807, 2.05) is 9.80 Å². The summed E-state index contributed by atoms with van der Waals surface area (Å²) in [6.07, 6.45) is 5.61. The summed E-state index contributed by atoms with van der Waals surface area (Å²) in [5.41, 5.74) is -1.46. The SMILES string of the molecule is CC(C)(C)OC(=O)NC1CN(c2ncc(C(=O)N(C3CC3)C3CCN(c4nc(C(C)(C)O)no4)CC3)cn2)CC1c1cc(F)ccc1F. The minimum atomic E-state index is -1.21. The van der Waals surface area contributed by atoms with Crippen molar-refractivity contribution >= 4 is 24.0 Å². The molecule has 0 radical (unpaired) electrons. The van der Waals surface area contributed by atoms with Crippen LogP contribution in [-0.2, 0) is 10.3 Å². The smallest absolute Gasteiger partial charge is 0.407 e. The van der Waals surface area contributed by atoms with Crippen LogP contribution in [0, 0.1) is 11.6 Å². The van der Waals surface area contributed by atoms with Gasteiger partial charge < -0.3 is 34.4 Å². The number of ether oxygens (including phenoxy) is 1. The van der Waals surface area contributed by atoms with E-state index in [0.717, 1.165) is 31.0 Å². The van der Waals surface area contributed by atoms with Gasteiger partial charge in [-0.2, -0.15) is 4.98 Å². The Hall–Kier alpha value is -4.40. The average molecular weight is 669 g/mol. The number of nitrogens with zero attached hydrogens (tertiary/aromatic N) is 7. The molecule has 3 fully saturated rings. The van der Waals surface area contributed by atoms with E-state index in [4.69, 9.17) is 9.26 Å². The summed E-state index contributed by atoms with van der Waals surface area (Å²) < 4.78 is 39.9. The van der Waals surface area contributed by atoms with Crippen LogP contribution >= 0.6 is 0 Å². The zero-order valence-electron chi connectivity index (χ0n) is 27.8. The number of aliphatic hydroxyl groups is 1. The Morgan fingerprint density at radius 1 is 1.00 bits per heavy atom. The Bertz CT molecular complexity index is 1630. The molecule has 6 rings (SSSR count). The minimum Gasteiger partial charge on any atom is -0.444 e. The highest BCUT2D eigenvalue weighted by Crippen LogP contribution is 2.35. The van der Waals surface area contributed by atoms with Crippen LogP contribution in [0.2, 0.25) is 0 Å². The van der Waals surface area contributed by atoms with Gasteiger partial charge in [-0.1, -0.05) is 5.16 Å². The van der Waals surface area contributed by atoms with E-state index in [1.54, 1.807) is 39.5 Å². The van der Waals surface area contributed by atoms with Crippen molar-refractivity contribution in [2.24, 2.45) is 0 Å². The number of aromatic nitrogens is 4. The van der Waals surface area contributed by atoms with Crippen molar-refractivity contribution in [3.8, 4) is 0 Å². The van der Waals surface area contributed by atoms with E-state index < -0.39 is 40.9 Å². The van der Waals surface area contributed by atoms with E-state index in [0.29, 0.717) is 43.5 Å². The van der Waals surface area contributed by atoms with E-state index >= 15 is 0 Å². The number of hydrogen-bond acceptors (Lipinski definition) is 11. The Morgan fingerprint density at radius 2 is 1.67 bits per heavy atom. The van der Waals surface area contributed by atoms with E-state index in [-0.39, 0.29) is 42.5 Å². The van der Waals surface area contributed by atoms with Crippen molar-refractivity contribution in [2.45, 2.75) is 95.5 Å². The third-order valence-corrected chi connectivity index (χ3v) is 8.81. The van der Waals surface area contributed by atoms with Crippen LogP contribution in [0.5, 0.6) is 0 Å². The van der Waals surface area contributed by atoms with Gasteiger partial charge in [0.15, 0.2) is 0 Å². The van der Waals surface area contributed by atoms with Crippen LogP contribution in [0.15, 0.2) is 35.1 Å². The molecule has 2 saturated heterocycles. The number of carbonyl (C=O) groups is 2. The summed E-state index contributed by atoms with van der Waals surface area (Å²) in [5, 5.41) is 16.9. The first-order valence-electron chi connectivity index (χ1n) is 16.3. The summed E-state index contributed by atoms with van der Waals surface area (Å²) in [6, 6.07) is 3.16. The molecule has 2 aromatic heterocycles. The third-order valence-electron chi connectivity index (χ3n) is 8.81. The first kappa shape index (κ1) is 33.5. The molecule has 2 atom stereocenters. The van der Waals surface area contributed by atoms with Crippen LogP contribution < -0.4 is 15.1 Å².